The Labute approximate surface area is 154 Å². The van der Waals surface area contributed by atoms with Crippen molar-refractivity contribution in [1.29, 1.82) is 0 Å². The van der Waals surface area contributed by atoms with Crippen LogP contribution in [0.5, 0.6) is 0 Å². The zero-order chi connectivity index (χ0) is 18.1. The van der Waals surface area contributed by atoms with E-state index in [9.17, 15) is 9.18 Å². The fraction of sp³-hybridized carbons (Fsp3) is 0.636. The number of carbonyl (C=O) groups is 1. The van der Waals surface area contributed by atoms with E-state index in [0.717, 1.165) is 36.9 Å². The summed E-state index contributed by atoms with van der Waals surface area (Å²) in [4.78, 5) is 19.9. The predicted octanol–water partition coefficient (Wildman–Crippen LogP) is 4.13. The van der Waals surface area contributed by atoms with Crippen LogP contribution < -0.4 is 0 Å². The Kier molecular flexibility index (Phi) is 3.33. The number of fused-ring (bicyclic) bond motifs is 6. The third-order valence-corrected chi connectivity index (χ3v) is 7.32. The van der Waals surface area contributed by atoms with E-state index in [4.69, 9.17) is 0 Å². The molecule has 1 aromatic rings. The zero-order valence-corrected chi connectivity index (χ0v) is 15.5. The maximum Gasteiger partial charge on any atom is 0.229 e. The van der Waals surface area contributed by atoms with Crippen LogP contribution in [0.3, 0.4) is 0 Å². The second kappa shape index (κ2) is 5.31. The van der Waals surface area contributed by atoms with Crippen molar-refractivity contribution in [3.05, 3.63) is 29.1 Å². The number of likely N-dealkylation sites (tertiary alicyclic amines) is 1. The summed E-state index contributed by atoms with van der Waals surface area (Å²) in [5, 5.41) is 0. The summed E-state index contributed by atoms with van der Waals surface area (Å²) < 4.78 is 14.7. The van der Waals surface area contributed by atoms with Crippen LogP contribution in [0.15, 0.2) is 12.4 Å². The van der Waals surface area contributed by atoms with Crippen molar-refractivity contribution in [2.45, 2.75) is 70.0 Å². The van der Waals surface area contributed by atoms with E-state index >= 15 is 0 Å². The molecule has 1 saturated heterocycles. The maximum absolute atomic E-state index is 14.7. The summed E-state index contributed by atoms with van der Waals surface area (Å²) in [6, 6.07) is 0.118. The molecule has 136 valence electrons. The maximum atomic E-state index is 14.7. The molecule has 2 bridgehead atoms. The number of halogens is 1. The summed E-state index contributed by atoms with van der Waals surface area (Å²) in [7, 11) is 0. The molecule has 3 fully saturated rings. The number of hydrogen-bond acceptors (Lipinski definition) is 2. The predicted molar refractivity (Wildman–Crippen MR) is 97.1 cm³/mol. The Bertz CT molecular complexity index is 843. The number of alkyl halides is 1. The van der Waals surface area contributed by atoms with E-state index in [1.807, 2.05) is 19.3 Å². The van der Waals surface area contributed by atoms with Crippen molar-refractivity contribution >= 4 is 5.91 Å². The molecule has 4 aliphatic rings. The number of aromatic nitrogens is 1. The molecule has 2 saturated carbocycles. The molecule has 0 N–H and O–H groups in total. The summed E-state index contributed by atoms with van der Waals surface area (Å²) in [5.41, 5.74) is 1.96. The quantitative estimate of drug-likeness (QED) is 0.712. The van der Waals surface area contributed by atoms with Crippen molar-refractivity contribution in [1.82, 2.24) is 9.88 Å². The summed E-state index contributed by atoms with van der Waals surface area (Å²) in [6.45, 7) is 5.04. The van der Waals surface area contributed by atoms with Gasteiger partial charge in [0.1, 0.15) is 5.67 Å². The molecule has 1 aromatic heterocycles. The van der Waals surface area contributed by atoms with Crippen LogP contribution in [0.2, 0.25) is 0 Å². The molecule has 3 nitrogen and oxygen atoms in total. The summed E-state index contributed by atoms with van der Waals surface area (Å²) in [5.74, 6) is 7.37. The monoisotopic (exact) mass is 352 g/mol. The second-order valence-electron chi connectivity index (χ2n) is 8.86. The van der Waals surface area contributed by atoms with Gasteiger partial charge in [-0.25, -0.2) is 4.39 Å². The number of carbonyl (C=O) groups excluding carboxylic acids is 1. The second-order valence-corrected chi connectivity index (χ2v) is 8.86. The molecule has 4 heteroatoms. The molecular weight excluding hydrogens is 327 g/mol. The van der Waals surface area contributed by atoms with E-state index < -0.39 is 11.1 Å². The van der Waals surface area contributed by atoms with Crippen molar-refractivity contribution in [3.63, 3.8) is 0 Å². The third kappa shape index (κ3) is 2.00. The van der Waals surface area contributed by atoms with Gasteiger partial charge in [0.2, 0.25) is 5.91 Å². The van der Waals surface area contributed by atoms with Gasteiger partial charge in [-0.15, -0.1) is 0 Å². The average molecular weight is 352 g/mol. The zero-order valence-electron chi connectivity index (χ0n) is 15.5. The van der Waals surface area contributed by atoms with E-state index in [-0.39, 0.29) is 11.9 Å². The highest BCUT2D eigenvalue weighted by atomic mass is 19.1. The minimum atomic E-state index is -1.08. The molecule has 5 rings (SSSR count). The van der Waals surface area contributed by atoms with Gasteiger partial charge in [-0.2, -0.15) is 0 Å². The van der Waals surface area contributed by atoms with Gasteiger partial charge in [-0.05, 0) is 49.1 Å². The number of pyridine rings is 1. The van der Waals surface area contributed by atoms with Gasteiger partial charge in [0.05, 0.1) is 11.5 Å². The van der Waals surface area contributed by atoms with Crippen LogP contribution in [0.4, 0.5) is 4.39 Å². The van der Waals surface area contributed by atoms with Crippen LogP contribution in [-0.4, -0.2) is 28.0 Å². The first-order chi connectivity index (χ1) is 12.5. The number of nitrogens with zero attached hydrogens (tertiary/aromatic N) is 2. The normalized spacial score (nSPS) is 39.0. The van der Waals surface area contributed by atoms with Crippen molar-refractivity contribution in [3.8, 4) is 11.8 Å². The minimum Gasteiger partial charge on any atom is -0.334 e. The van der Waals surface area contributed by atoms with Crippen LogP contribution in [0, 0.1) is 23.2 Å². The SMILES string of the molecule is CCC#Cc1cncc2c1C1[C@@H]2N(C(=O)C23CCC(F)(CC2)C3)C[C@@H]1C. The lowest BCUT2D eigenvalue weighted by Gasteiger charge is -2.42. The van der Waals surface area contributed by atoms with Gasteiger partial charge in [0.25, 0.3) is 0 Å². The largest absolute Gasteiger partial charge is 0.334 e. The molecule has 3 aliphatic carbocycles. The lowest BCUT2D eigenvalue weighted by atomic mass is 9.68. The first-order valence-corrected chi connectivity index (χ1v) is 9.95. The molecule has 1 amide bonds. The van der Waals surface area contributed by atoms with Crippen LogP contribution in [0.25, 0.3) is 0 Å². The summed E-state index contributed by atoms with van der Waals surface area (Å²) >= 11 is 0. The van der Waals surface area contributed by atoms with Gasteiger partial charge in [-0.3, -0.25) is 9.78 Å². The van der Waals surface area contributed by atoms with Gasteiger partial charge in [0.15, 0.2) is 0 Å². The first kappa shape index (κ1) is 16.3. The molecule has 2 heterocycles. The molecule has 3 atom stereocenters. The molecule has 0 radical (unpaired) electrons. The fourth-order valence-corrected chi connectivity index (χ4v) is 6.07. The molecule has 0 spiro atoms. The van der Waals surface area contributed by atoms with Crippen LogP contribution in [-0.2, 0) is 4.79 Å². The highest BCUT2D eigenvalue weighted by Crippen LogP contribution is 2.63. The molecule has 0 aromatic carbocycles. The van der Waals surface area contributed by atoms with Gasteiger partial charge >= 0.3 is 0 Å². The third-order valence-electron chi connectivity index (χ3n) is 7.32. The highest BCUT2D eigenvalue weighted by molar-refractivity contribution is 5.85. The molecule has 1 unspecified atom stereocenters. The molecular formula is C22H25FN2O. The Morgan fingerprint density at radius 3 is 2.77 bits per heavy atom. The Balaban J connectivity index is 1.49. The Morgan fingerprint density at radius 1 is 1.35 bits per heavy atom. The highest BCUT2D eigenvalue weighted by Gasteiger charge is 2.62. The minimum absolute atomic E-state index is 0.118. The van der Waals surface area contributed by atoms with Gasteiger partial charge in [-0.1, -0.05) is 25.7 Å². The lowest BCUT2D eigenvalue weighted by Crippen LogP contribution is -2.44. The molecule has 26 heavy (non-hydrogen) atoms. The average Bonchev–Trinajstić information content (AvgIpc) is 3.23. The van der Waals surface area contributed by atoms with Crippen molar-refractivity contribution < 1.29 is 9.18 Å². The summed E-state index contributed by atoms with van der Waals surface area (Å²) in [6.07, 6.45) is 7.59. The topological polar surface area (TPSA) is 33.2 Å². The first-order valence-electron chi connectivity index (χ1n) is 9.95. The molecule has 1 aliphatic heterocycles. The lowest BCUT2D eigenvalue weighted by molar-refractivity contribution is -0.143. The van der Waals surface area contributed by atoms with E-state index in [0.29, 0.717) is 31.1 Å². The van der Waals surface area contributed by atoms with E-state index in [1.165, 1.54) is 5.56 Å². The van der Waals surface area contributed by atoms with Crippen molar-refractivity contribution in [2.24, 2.45) is 11.3 Å². The van der Waals surface area contributed by atoms with Gasteiger partial charge < -0.3 is 4.90 Å². The van der Waals surface area contributed by atoms with Crippen LogP contribution in [0.1, 0.15) is 81.0 Å². The van der Waals surface area contributed by atoms with E-state index in [2.05, 4.69) is 28.6 Å². The van der Waals surface area contributed by atoms with Crippen molar-refractivity contribution in [2.75, 3.05) is 6.54 Å². The fourth-order valence-electron chi connectivity index (χ4n) is 6.07. The smallest absolute Gasteiger partial charge is 0.229 e. The Morgan fingerprint density at radius 2 is 2.12 bits per heavy atom. The number of hydrogen-bond donors (Lipinski definition) is 0. The Hall–Kier alpha value is -1.89. The van der Waals surface area contributed by atoms with Gasteiger partial charge in [0, 0.05) is 36.8 Å². The standard InChI is InChI=1S/C22H25FN2O/c1-3-4-5-15-10-24-11-16-18(15)17-14(2)12-25(19(16)17)20(26)21-6-8-22(23,13-21)9-7-21/h10-11,14,17,19H,3,6-9,12-13H2,1-2H3/t14-,17?,19+,21?,22?/m0/s1. The number of amides is 1. The van der Waals surface area contributed by atoms with E-state index in [1.54, 1.807) is 0 Å². The van der Waals surface area contributed by atoms with Crippen LogP contribution >= 0.6 is 0 Å². The number of rotatable bonds is 1.